The van der Waals surface area contributed by atoms with Crippen LogP contribution in [0.2, 0.25) is 5.02 Å². The van der Waals surface area contributed by atoms with E-state index >= 15 is 0 Å². The maximum absolute atomic E-state index is 8.49. The normalized spacial score (nSPS) is 14.5. The zero-order valence-electron chi connectivity index (χ0n) is 7.18. The predicted molar refractivity (Wildman–Crippen MR) is 50.0 cm³/mol. The summed E-state index contributed by atoms with van der Waals surface area (Å²) < 4.78 is 1.57. The van der Waals surface area contributed by atoms with Crippen molar-refractivity contribution in [1.82, 2.24) is 9.78 Å². The molecule has 0 spiro atoms. The number of aromatic nitrogens is 2. The summed E-state index contributed by atoms with van der Waals surface area (Å²) in [7, 11) is 0. The first kappa shape index (κ1) is 9.85. The minimum atomic E-state index is -0.238. The summed E-state index contributed by atoms with van der Waals surface area (Å²) in [5, 5.41) is 15.9. The molecule has 72 valence electrons. The maximum atomic E-state index is 8.49. The zero-order chi connectivity index (χ0) is 9.84. The van der Waals surface area contributed by atoms with Gasteiger partial charge in [0.05, 0.1) is 11.2 Å². The minimum absolute atomic E-state index is 0.127. The molecule has 0 saturated carbocycles. The molecule has 1 aromatic heterocycles. The number of rotatable bonds is 3. The summed E-state index contributed by atoms with van der Waals surface area (Å²) in [6.45, 7) is 1.91. The second kappa shape index (κ2) is 4.13. The summed E-state index contributed by atoms with van der Waals surface area (Å²) in [6, 6.07) is -0.238. The van der Waals surface area contributed by atoms with E-state index in [1.165, 1.54) is 6.20 Å². The van der Waals surface area contributed by atoms with Crippen LogP contribution in [0.4, 0.5) is 0 Å². The Balaban J connectivity index is 2.90. The highest BCUT2D eigenvalue weighted by Crippen LogP contribution is 2.13. The van der Waals surface area contributed by atoms with Gasteiger partial charge in [0.15, 0.2) is 5.84 Å². The Hall–Kier alpha value is -1.23. The minimum Gasteiger partial charge on any atom is -0.409 e. The molecule has 5 nitrogen and oxygen atoms in total. The van der Waals surface area contributed by atoms with E-state index in [1.807, 2.05) is 6.92 Å². The molecule has 1 heterocycles. The third kappa shape index (κ3) is 2.12. The molecule has 1 rings (SSSR count). The second-order valence-electron chi connectivity index (χ2n) is 2.59. The molecule has 0 radical (unpaired) electrons. The van der Waals surface area contributed by atoms with Gasteiger partial charge in [-0.15, -0.1) is 0 Å². The zero-order valence-corrected chi connectivity index (χ0v) is 7.94. The standard InChI is InChI=1S/C7H11ClN4O/c1-2-6(7(9)11-13)12-4-5(8)3-10-12/h3-4,6,13H,2H2,1H3,(H2,9,11). The highest BCUT2D eigenvalue weighted by molar-refractivity contribution is 6.30. The van der Waals surface area contributed by atoms with Gasteiger partial charge < -0.3 is 10.9 Å². The van der Waals surface area contributed by atoms with Crippen LogP contribution in [0.5, 0.6) is 0 Å². The molecule has 3 N–H and O–H groups in total. The average Bonchev–Trinajstić information content (AvgIpc) is 2.53. The monoisotopic (exact) mass is 202 g/mol. The first-order chi connectivity index (χ1) is 6.19. The van der Waals surface area contributed by atoms with Crippen LogP contribution in [0.3, 0.4) is 0 Å². The molecule has 0 bridgehead atoms. The van der Waals surface area contributed by atoms with Gasteiger partial charge in [-0.05, 0) is 6.42 Å². The summed E-state index contributed by atoms with van der Waals surface area (Å²) in [6.07, 6.45) is 3.83. The van der Waals surface area contributed by atoms with Crippen molar-refractivity contribution in [3.63, 3.8) is 0 Å². The van der Waals surface area contributed by atoms with Crippen LogP contribution in [0.15, 0.2) is 17.5 Å². The highest BCUT2D eigenvalue weighted by Gasteiger charge is 2.14. The third-order valence-electron chi connectivity index (χ3n) is 1.73. The van der Waals surface area contributed by atoms with Crippen molar-refractivity contribution in [2.24, 2.45) is 10.9 Å². The molecule has 1 unspecified atom stereocenters. The van der Waals surface area contributed by atoms with Gasteiger partial charge in [0.1, 0.15) is 6.04 Å². The Morgan fingerprint density at radius 1 is 1.92 bits per heavy atom. The van der Waals surface area contributed by atoms with Gasteiger partial charge in [-0.2, -0.15) is 5.10 Å². The lowest BCUT2D eigenvalue weighted by Gasteiger charge is -2.12. The number of nitrogens with two attached hydrogens (primary N) is 1. The van der Waals surface area contributed by atoms with E-state index in [9.17, 15) is 0 Å². The molecule has 6 heteroatoms. The number of hydrogen-bond donors (Lipinski definition) is 2. The topological polar surface area (TPSA) is 76.4 Å². The number of hydrogen-bond acceptors (Lipinski definition) is 3. The fourth-order valence-electron chi connectivity index (χ4n) is 1.08. The van der Waals surface area contributed by atoms with Crippen molar-refractivity contribution in [3.8, 4) is 0 Å². The van der Waals surface area contributed by atoms with Gasteiger partial charge in [0.2, 0.25) is 0 Å². The molecule has 0 fully saturated rings. The molecule has 0 saturated heterocycles. The van der Waals surface area contributed by atoms with Crippen molar-refractivity contribution in [3.05, 3.63) is 17.4 Å². The Bertz CT molecular complexity index is 309. The molecule has 1 aromatic rings. The molecular formula is C7H11ClN4O. The number of amidine groups is 1. The van der Waals surface area contributed by atoms with Gasteiger partial charge >= 0.3 is 0 Å². The van der Waals surface area contributed by atoms with E-state index in [1.54, 1.807) is 10.9 Å². The Morgan fingerprint density at radius 3 is 3.00 bits per heavy atom. The van der Waals surface area contributed by atoms with Crippen molar-refractivity contribution in [2.75, 3.05) is 0 Å². The third-order valence-corrected chi connectivity index (χ3v) is 1.93. The van der Waals surface area contributed by atoms with Crippen molar-refractivity contribution >= 4 is 17.4 Å². The Morgan fingerprint density at radius 2 is 2.62 bits per heavy atom. The van der Waals surface area contributed by atoms with Crippen molar-refractivity contribution < 1.29 is 5.21 Å². The van der Waals surface area contributed by atoms with Crippen LogP contribution < -0.4 is 5.73 Å². The number of oxime groups is 1. The van der Waals surface area contributed by atoms with E-state index < -0.39 is 0 Å². The fourth-order valence-corrected chi connectivity index (χ4v) is 1.23. The number of nitrogens with zero attached hydrogens (tertiary/aromatic N) is 3. The van der Waals surface area contributed by atoms with Gasteiger partial charge in [0.25, 0.3) is 0 Å². The quantitative estimate of drug-likeness (QED) is 0.335. The number of halogens is 1. The molecular weight excluding hydrogens is 192 g/mol. The van der Waals surface area contributed by atoms with Crippen LogP contribution >= 0.6 is 11.6 Å². The van der Waals surface area contributed by atoms with Crippen molar-refractivity contribution in [1.29, 1.82) is 0 Å². The maximum Gasteiger partial charge on any atom is 0.164 e. The summed E-state index contributed by atoms with van der Waals surface area (Å²) in [4.78, 5) is 0. The molecule has 0 aliphatic rings. The van der Waals surface area contributed by atoms with Crippen molar-refractivity contribution in [2.45, 2.75) is 19.4 Å². The van der Waals surface area contributed by atoms with E-state index in [0.717, 1.165) is 0 Å². The molecule has 1 atom stereocenters. The largest absolute Gasteiger partial charge is 0.409 e. The lowest BCUT2D eigenvalue weighted by Crippen LogP contribution is -2.26. The summed E-state index contributed by atoms with van der Waals surface area (Å²) in [5.41, 5.74) is 5.47. The molecule has 0 aliphatic carbocycles. The molecule has 0 aliphatic heterocycles. The first-order valence-electron chi connectivity index (χ1n) is 3.86. The lowest BCUT2D eigenvalue weighted by molar-refractivity contribution is 0.312. The molecule has 0 aromatic carbocycles. The smallest absolute Gasteiger partial charge is 0.164 e. The van der Waals surface area contributed by atoms with E-state index in [2.05, 4.69) is 10.3 Å². The van der Waals surface area contributed by atoms with Gasteiger partial charge in [-0.1, -0.05) is 23.7 Å². The van der Waals surface area contributed by atoms with Crippen LogP contribution in [0, 0.1) is 0 Å². The van der Waals surface area contributed by atoms with Crippen LogP contribution in [0.25, 0.3) is 0 Å². The van der Waals surface area contributed by atoms with Crippen LogP contribution in [-0.4, -0.2) is 20.8 Å². The van der Waals surface area contributed by atoms with E-state index in [0.29, 0.717) is 11.4 Å². The molecule has 13 heavy (non-hydrogen) atoms. The SMILES string of the molecule is CCC(C(N)=NO)n1cc(Cl)cn1. The van der Waals surface area contributed by atoms with Gasteiger partial charge in [-0.3, -0.25) is 4.68 Å². The van der Waals surface area contributed by atoms with E-state index in [4.69, 9.17) is 22.5 Å². The van der Waals surface area contributed by atoms with Crippen LogP contribution in [-0.2, 0) is 0 Å². The molecule has 0 amide bonds. The predicted octanol–water partition coefficient (Wildman–Crippen LogP) is 1.23. The summed E-state index contributed by atoms with van der Waals surface area (Å²) >= 11 is 5.68. The van der Waals surface area contributed by atoms with Crippen LogP contribution in [0.1, 0.15) is 19.4 Å². The average molecular weight is 203 g/mol. The summed E-state index contributed by atoms with van der Waals surface area (Å²) in [5.74, 6) is 0.127. The lowest BCUT2D eigenvalue weighted by atomic mass is 10.2. The van der Waals surface area contributed by atoms with Gasteiger partial charge in [-0.25, -0.2) is 0 Å². The highest BCUT2D eigenvalue weighted by atomic mass is 35.5. The Labute approximate surface area is 80.8 Å². The van der Waals surface area contributed by atoms with Gasteiger partial charge in [0, 0.05) is 6.20 Å². The first-order valence-corrected chi connectivity index (χ1v) is 4.24. The second-order valence-corrected chi connectivity index (χ2v) is 3.02. The Kier molecular flexibility index (Phi) is 3.13. The van der Waals surface area contributed by atoms with E-state index in [-0.39, 0.29) is 11.9 Å². The fraction of sp³-hybridized carbons (Fsp3) is 0.429.